The van der Waals surface area contributed by atoms with Crippen molar-refractivity contribution in [1.29, 1.82) is 0 Å². The van der Waals surface area contributed by atoms with E-state index >= 15 is 0 Å². The minimum atomic E-state index is -1.08. The van der Waals surface area contributed by atoms with Gasteiger partial charge in [-0.2, -0.15) is 0 Å². The Morgan fingerprint density at radius 1 is 1.31 bits per heavy atom. The van der Waals surface area contributed by atoms with E-state index in [1.165, 1.54) is 6.08 Å². The number of carboxylic acid groups (broad SMARTS) is 1. The maximum atomic E-state index is 11.0. The summed E-state index contributed by atoms with van der Waals surface area (Å²) in [7, 11) is 0. The third-order valence-corrected chi connectivity index (χ3v) is 2.40. The number of amides is 1. The molecule has 0 unspecified atom stereocenters. The van der Waals surface area contributed by atoms with E-state index in [2.05, 4.69) is 15.9 Å². The second-order valence-corrected chi connectivity index (χ2v) is 4.07. The van der Waals surface area contributed by atoms with Gasteiger partial charge in [0.15, 0.2) is 0 Å². The molecule has 0 aliphatic rings. The largest absolute Gasteiger partial charge is 0.481 e. The van der Waals surface area contributed by atoms with Gasteiger partial charge in [-0.25, -0.2) is 0 Å². The lowest BCUT2D eigenvalue weighted by Crippen LogP contribution is -2.16. The van der Waals surface area contributed by atoms with Crippen LogP contribution in [0.5, 0.6) is 0 Å². The normalized spacial score (nSPS) is 11.2. The minimum Gasteiger partial charge on any atom is -0.481 e. The highest BCUT2D eigenvalue weighted by Crippen LogP contribution is 2.14. The highest BCUT2D eigenvalue weighted by atomic mass is 79.9. The summed E-state index contributed by atoms with van der Waals surface area (Å²) in [5.74, 6) is -1.80. The summed E-state index contributed by atoms with van der Waals surface area (Å²) in [6.45, 7) is 0. The zero-order valence-corrected chi connectivity index (χ0v) is 9.90. The second-order valence-electron chi connectivity index (χ2n) is 3.16. The summed E-state index contributed by atoms with van der Waals surface area (Å²) in [6.07, 6.45) is 1.11. The first-order valence-electron chi connectivity index (χ1n) is 4.47. The molecule has 0 aliphatic heterocycles. The predicted octanol–water partition coefficient (Wildman–Crippen LogP) is 1.79. The fourth-order valence-corrected chi connectivity index (χ4v) is 1.40. The highest BCUT2D eigenvalue weighted by Gasteiger charge is 2.09. The quantitative estimate of drug-likeness (QED) is 0.827. The SMILES string of the molecule is NC(=O)C(=Cc1ccc(Br)cc1)CC(=O)O. The molecule has 0 bridgehead atoms. The average Bonchev–Trinajstić information content (AvgIpc) is 2.19. The standard InChI is InChI=1S/C11H10BrNO3/c12-9-3-1-7(2-4-9)5-8(11(13)16)6-10(14)15/h1-5H,6H2,(H2,13,16)(H,14,15). The van der Waals surface area contributed by atoms with Gasteiger partial charge >= 0.3 is 5.97 Å². The van der Waals surface area contributed by atoms with E-state index in [0.717, 1.165) is 10.0 Å². The van der Waals surface area contributed by atoms with Crippen molar-refractivity contribution in [2.45, 2.75) is 6.42 Å². The molecule has 0 saturated heterocycles. The van der Waals surface area contributed by atoms with Gasteiger partial charge in [0.25, 0.3) is 0 Å². The molecule has 0 spiro atoms. The van der Waals surface area contributed by atoms with E-state index in [0.29, 0.717) is 0 Å². The molecule has 0 radical (unpaired) electrons. The van der Waals surface area contributed by atoms with Crippen LogP contribution in [0.3, 0.4) is 0 Å². The van der Waals surface area contributed by atoms with Crippen LogP contribution in [0.2, 0.25) is 0 Å². The van der Waals surface area contributed by atoms with E-state index in [-0.39, 0.29) is 12.0 Å². The molecule has 3 N–H and O–H groups in total. The third kappa shape index (κ3) is 3.86. The summed E-state index contributed by atoms with van der Waals surface area (Å²) in [5, 5.41) is 8.60. The molecular formula is C11H10BrNO3. The molecule has 0 atom stereocenters. The van der Waals surface area contributed by atoms with Gasteiger partial charge in [-0.15, -0.1) is 0 Å². The molecule has 16 heavy (non-hydrogen) atoms. The fourth-order valence-electron chi connectivity index (χ4n) is 1.13. The van der Waals surface area contributed by atoms with E-state index in [1.807, 2.05) is 0 Å². The number of halogens is 1. The van der Waals surface area contributed by atoms with Crippen LogP contribution in [0.4, 0.5) is 0 Å². The van der Waals surface area contributed by atoms with Crippen LogP contribution in [-0.4, -0.2) is 17.0 Å². The first kappa shape index (κ1) is 12.4. The van der Waals surface area contributed by atoms with E-state index < -0.39 is 11.9 Å². The van der Waals surface area contributed by atoms with E-state index in [9.17, 15) is 9.59 Å². The van der Waals surface area contributed by atoms with Crippen molar-refractivity contribution in [2.24, 2.45) is 5.73 Å². The number of rotatable bonds is 4. The Kier molecular flexibility index (Phi) is 4.25. The van der Waals surface area contributed by atoms with Gasteiger partial charge in [-0.3, -0.25) is 9.59 Å². The Labute approximate surface area is 101 Å². The lowest BCUT2D eigenvalue weighted by molar-refractivity contribution is -0.136. The zero-order valence-electron chi connectivity index (χ0n) is 8.31. The number of aliphatic carboxylic acids is 1. The molecule has 84 valence electrons. The Morgan fingerprint density at radius 3 is 2.31 bits per heavy atom. The van der Waals surface area contributed by atoms with E-state index in [1.54, 1.807) is 24.3 Å². The predicted molar refractivity (Wildman–Crippen MR) is 63.6 cm³/mol. The molecule has 0 fully saturated rings. The molecule has 5 heteroatoms. The summed E-state index contributed by atoms with van der Waals surface area (Å²) in [5.41, 5.74) is 5.90. The second kappa shape index (κ2) is 5.46. The van der Waals surface area contributed by atoms with Crippen molar-refractivity contribution in [2.75, 3.05) is 0 Å². The summed E-state index contributed by atoms with van der Waals surface area (Å²) in [4.78, 5) is 21.5. The minimum absolute atomic E-state index is 0.0785. The number of hydrogen-bond acceptors (Lipinski definition) is 2. The Bertz CT molecular complexity index is 437. The van der Waals surface area contributed by atoms with Crippen LogP contribution >= 0.6 is 15.9 Å². The molecule has 0 saturated carbocycles. The molecule has 1 aromatic rings. The maximum absolute atomic E-state index is 11.0. The van der Waals surface area contributed by atoms with Crippen molar-refractivity contribution < 1.29 is 14.7 Å². The lowest BCUT2D eigenvalue weighted by atomic mass is 10.1. The van der Waals surface area contributed by atoms with Gasteiger partial charge in [0.1, 0.15) is 0 Å². The Hall–Kier alpha value is -1.62. The topological polar surface area (TPSA) is 80.4 Å². The average molecular weight is 284 g/mol. The third-order valence-electron chi connectivity index (χ3n) is 1.87. The van der Waals surface area contributed by atoms with Gasteiger partial charge in [0.2, 0.25) is 5.91 Å². The number of benzene rings is 1. The summed E-state index contributed by atoms with van der Waals surface area (Å²) >= 11 is 3.27. The smallest absolute Gasteiger partial charge is 0.308 e. The Balaban J connectivity index is 2.97. The zero-order chi connectivity index (χ0) is 12.1. The monoisotopic (exact) mass is 283 g/mol. The van der Waals surface area contributed by atoms with Gasteiger partial charge in [-0.1, -0.05) is 28.1 Å². The molecule has 1 aromatic carbocycles. The molecule has 0 aromatic heterocycles. The van der Waals surface area contributed by atoms with Crippen molar-refractivity contribution in [3.05, 3.63) is 39.9 Å². The molecule has 4 nitrogen and oxygen atoms in total. The van der Waals surface area contributed by atoms with Gasteiger partial charge < -0.3 is 10.8 Å². The molecule has 1 rings (SSSR count). The van der Waals surface area contributed by atoms with Crippen molar-refractivity contribution >= 4 is 33.9 Å². The molecular weight excluding hydrogens is 274 g/mol. The summed E-state index contributed by atoms with van der Waals surface area (Å²) < 4.78 is 0.906. The van der Waals surface area contributed by atoms with Crippen LogP contribution < -0.4 is 5.73 Å². The van der Waals surface area contributed by atoms with Crippen LogP contribution in [0, 0.1) is 0 Å². The Morgan fingerprint density at radius 2 is 1.88 bits per heavy atom. The number of carbonyl (C=O) groups excluding carboxylic acids is 1. The molecule has 0 aliphatic carbocycles. The van der Waals surface area contributed by atoms with Crippen LogP contribution in [0.25, 0.3) is 6.08 Å². The first-order chi connectivity index (χ1) is 7.49. The van der Waals surface area contributed by atoms with Gasteiger partial charge in [0.05, 0.1) is 6.42 Å². The number of primary amides is 1. The number of hydrogen-bond donors (Lipinski definition) is 2. The number of carbonyl (C=O) groups is 2. The van der Waals surface area contributed by atoms with Crippen LogP contribution in [0.1, 0.15) is 12.0 Å². The first-order valence-corrected chi connectivity index (χ1v) is 5.26. The van der Waals surface area contributed by atoms with Crippen molar-refractivity contribution in [3.63, 3.8) is 0 Å². The van der Waals surface area contributed by atoms with Gasteiger partial charge in [-0.05, 0) is 23.8 Å². The molecule has 1 amide bonds. The van der Waals surface area contributed by atoms with Crippen LogP contribution in [0.15, 0.2) is 34.3 Å². The highest BCUT2D eigenvalue weighted by molar-refractivity contribution is 9.10. The number of carboxylic acids is 1. The van der Waals surface area contributed by atoms with Gasteiger partial charge in [0, 0.05) is 10.0 Å². The molecule has 0 heterocycles. The number of nitrogens with two attached hydrogens (primary N) is 1. The maximum Gasteiger partial charge on any atom is 0.308 e. The van der Waals surface area contributed by atoms with Crippen molar-refractivity contribution in [1.82, 2.24) is 0 Å². The van der Waals surface area contributed by atoms with Crippen molar-refractivity contribution in [3.8, 4) is 0 Å². The van der Waals surface area contributed by atoms with E-state index in [4.69, 9.17) is 10.8 Å². The van der Waals surface area contributed by atoms with Crippen LogP contribution in [-0.2, 0) is 9.59 Å². The lowest BCUT2D eigenvalue weighted by Gasteiger charge is -2.00. The fraction of sp³-hybridized carbons (Fsp3) is 0.0909. The summed E-state index contributed by atoms with van der Waals surface area (Å²) in [6, 6.07) is 7.11.